The van der Waals surface area contributed by atoms with E-state index in [-0.39, 0.29) is 5.78 Å². The third-order valence-corrected chi connectivity index (χ3v) is 3.69. The molecule has 0 saturated heterocycles. The summed E-state index contributed by atoms with van der Waals surface area (Å²) in [5, 5.41) is 9.13. The highest BCUT2D eigenvalue weighted by atomic mass is 16.1. The van der Waals surface area contributed by atoms with Crippen LogP contribution < -0.4 is 0 Å². The molecule has 2 rings (SSSR count). The third-order valence-electron chi connectivity index (χ3n) is 3.69. The lowest BCUT2D eigenvalue weighted by atomic mass is 9.87. The van der Waals surface area contributed by atoms with Crippen molar-refractivity contribution in [2.45, 2.75) is 38.5 Å². The molecule has 1 aliphatic rings. The van der Waals surface area contributed by atoms with Crippen LogP contribution in [0.2, 0.25) is 0 Å². The van der Waals surface area contributed by atoms with E-state index in [1.807, 2.05) is 30.3 Å². The summed E-state index contributed by atoms with van der Waals surface area (Å²) < 4.78 is 0. The smallest absolute Gasteiger partial charge is 0.166 e. The lowest BCUT2D eigenvalue weighted by Crippen LogP contribution is -2.04. The first-order chi connectivity index (χ1) is 9.70. The predicted molar refractivity (Wildman–Crippen MR) is 80.3 cm³/mol. The number of benzene rings is 1. The number of nitrogens with zero attached hydrogens (tertiary/aromatic N) is 1. The molecule has 0 aliphatic heterocycles. The van der Waals surface area contributed by atoms with Crippen molar-refractivity contribution in [3.8, 4) is 6.07 Å². The fourth-order valence-corrected chi connectivity index (χ4v) is 2.62. The van der Waals surface area contributed by atoms with E-state index >= 15 is 0 Å². The molecule has 0 spiro atoms. The highest BCUT2D eigenvalue weighted by Gasteiger charge is 2.15. The Kier molecular flexibility index (Phi) is 4.90. The first-order valence-corrected chi connectivity index (χ1v) is 7.06. The molecule has 2 nitrogen and oxygen atoms in total. The summed E-state index contributed by atoms with van der Waals surface area (Å²) in [5.74, 6) is 0.102. The van der Waals surface area contributed by atoms with Gasteiger partial charge in [0.25, 0.3) is 0 Å². The summed E-state index contributed by atoms with van der Waals surface area (Å²) in [6.45, 7) is 4.02. The molecule has 1 aromatic carbocycles. The molecule has 0 saturated carbocycles. The molecule has 0 fully saturated rings. The van der Waals surface area contributed by atoms with Gasteiger partial charge in [-0.15, -0.1) is 0 Å². The number of hydrogen-bond donors (Lipinski definition) is 0. The number of ketones is 1. The van der Waals surface area contributed by atoms with Gasteiger partial charge in [-0.1, -0.05) is 48.1 Å². The number of carbonyl (C=O) groups is 1. The monoisotopic (exact) mass is 265 g/mol. The number of hydrogen-bond acceptors (Lipinski definition) is 2. The Morgan fingerprint density at radius 3 is 2.60 bits per heavy atom. The van der Waals surface area contributed by atoms with Crippen molar-refractivity contribution >= 4 is 5.78 Å². The minimum absolute atomic E-state index is 0.102. The van der Waals surface area contributed by atoms with Crippen molar-refractivity contribution in [2.75, 3.05) is 0 Å². The summed E-state index contributed by atoms with van der Waals surface area (Å²) in [7, 11) is 0. The minimum Gasteiger partial charge on any atom is -0.294 e. The molecule has 2 heteroatoms. The predicted octanol–water partition coefficient (Wildman–Crippen LogP) is 4.60. The maximum absolute atomic E-state index is 12.1. The first-order valence-electron chi connectivity index (χ1n) is 7.06. The van der Waals surface area contributed by atoms with Crippen molar-refractivity contribution in [3.05, 3.63) is 59.2 Å². The van der Waals surface area contributed by atoms with Gasteiger partial charge in [0.15, 0.2) is 5.78 Å². The van der Waals surface area contributed by atoms with Crippen LogP contribution in [0.15, 0.2) is 53.6 Å². The fraction of sp³-hybridized carbons (Fsp3) is 0.333. The van der Waals surface area contributed by atoms with E-state index in [4.69, 9.17) is 5.26 Å². The normalized spacial score (nSPS) is 14.8. The maximum atomic E-state index is 12.1. The number of allylic oxidation sites excluding steroid dienone is 3. The molecule has 0 bridgehead atoms. The van der Waals surface area contributed by atoms with E-state index in [1.54, 1.807) is 0 Å². The van der Waals surface area contributed by atoms with Crippen LogP contribution in [0.1, 0.15) is 48.9 Å². The van der Waals surface area contributed by atoms with Crippen LogP contribution in [0.25, 0.3) is 0 Å². The largest absolute Gasteiger partial charge is 0.294 e. The maximum Gasteiger partial charge on any atom is 0.166 e. The molecule has 0 atom stereocenters. The van der Waals surface area contributed by atoms with Gasteiger partial charge in [0.1, 0.15) is 0 Å². The van der Waals surface area contributed by atoms with Gasteiger partial charge in [0.2, 0.25) is 0 Å². The number of Topliss-reactive ketones (excluding diaryl/α,β-unsaturated/α-hetero) is 1. The molecule has 1 aromatic rings. The molecule has 0 heterocycles. The highest BCUT2D eigenvalue weighted by Crippen LogP contribution is 2.29. The van der Waals surface area contributed by atoms with Gasteiger partial charge in [-0.25, -0.2) is 0 Å². The van der Waals surface area contributed by atoms with E-state index in [2.05, 4.69) is 12.6 Å². The average molecular weight is 265 g/mol. The standard InChI is InChI=1S/C18H19NO/c1-14(11-16-9-5-6-10-17(16)13-19)12-18(20)15-7-3-2-4-8-15/h2-4,7-8H,1,5-6,9-12H2. The molecule has 0 amide bonds. The number of nitriles is 1. The second-order valence-electron chi connectivity index (χ2n) is 5.29. The summed E-state index contributed by atoms with van der Waals surface area (Å²) in [6.07, 6.45) is 5.16. The van der Waals surface area contributed by atoms with E-state index in [0.29, 0.717) is 12.8 Å². The van der Waals surface area contributed by atoms with E-state index in [1.165, 1.54) is 5.57 Å². The Labute approximate surface area is 120 Å². The van der Waals surface area contributed by atoms with Crippen molar-refractivity contribution in [3.63, 3.8) is 0 Å². The molecular weight excluding hydrogens is 246 g/mol. The lowest BCUT2D eigenvalue weighted by Gasteiger charge is -2.16. The summed E-state index contributed by atoms with van der Waals surface area (Å²) >= 11 is 0. The van der Waals surface area contributed by atoms with Crippen LogP contribution >= 0.6 is 0 Å². The van der Waals surface area contributed by atoms with Gasteiger partial charge in [0, 0.05) is 17.6 Å². The molecule has 1 aliphatic carbocycles. The Morgan fingerprint density at radius 1 is 1.20 bits per heavy atom. The summed E-state index contributed by atoms with van der Waals surface area (Å²) in [4.78, 5) is 12.1. The first kappa shape index (κ1) is 14.3. The van der Waals surface area contributed by atoms with Crippen molar-refractivity contribution in [1.29, 1.82) is 5.26 Å². The van der Waals surface area contributed by atoms with Gasteiger partial charge >= 0.3 is 0 Å². The zero-order valence-corrected chi connectivity index (χ0v) is 11.7. The Bertz CT molecular complexity index is 575. The van der Waals surface area contributed by atoms with Crippen molar-refractivity contribution < 1.29 is 4.79 Å². The van der Waals surface area contributed by atoms with E-state index < -0.39 is 0 Å². The Morgan fingerprint density at radius 2 is 1.90 bits per heavy atom. The number of rotatable bonds is 5. The van der Waals surface area contributed by atoms with Crippen LogP contribution in [0, 0.1) is 11.3 Å². The average Bonchev–Trinajstić information content (AvgIpc) is 2.48. The Balaban J connectivity index is 1.98. The van der Waals surface area contributed by atoms with Gasteiger partial charge < -0.3 is 0 Å². The molecule has 20 heavy (non-hydrogen) atoms. The second-order valence-corrected chi connectivity index (χ2v) is 5.29. The second kappa shape index (κ2) is 6.86. The van der Waals surface area contributed by atoms with Gasteiger partial charge in [-0.2, -0.15) is 5.26 Å². The molecular formula is C18H19NO. The van der Waals surface area contributed by atoms with Crippen LogP contribution in [-0.4, -0.2) is 5.78 Å². The highest BCUT2D eigenvalue weighted by molar-refractivity contribution is 5.97. The molecule has 0 radical (unpaired) electrons. The van der Waals surface area contributed by atoms with Crippen molar-refractivity contribution in [2.24, 2.45) is 0 Å². The zero-order chi connectivity index (χ0) is 14.4. The summed E-state index contributed by atoms with van der Waals surface area (Å²) in [6, 6.07) is 11.6. The fourth-order valence-electron chi connectivity index (χ4n) is 2.62. The zero-order valence-electron chi connectivity index (χ0n) is 11.7. The van der Waals surface area contributed by atoms with Crippen molar-refractivity contribution in [1.82, 2.24) is 0 Å². The lowest BCUT2D eigenvalue weighted by molar-refractivity contribution is 0.0992. The molecule has 0 aromatic heterocycles. The van der Waals surface area contributed by atoms with E-state index in [0.717, 1.165) is 42.4 Å². The molecule has 102 valence electrons. The number of carbonyl (C=O) groups excluding carboxylic acids is 1. The summed E-state index contributed by atoms with van der Waals surface area (Å²) in [5.41, 5.74) is 3.73. The third kappa shape index (κ3) is 3.68. The van der Waals surface area contributed by atoms with Crippen LogP contribution in [0.4, 0.5) is 0 Å². The minimum atomic E-state index is 0.102. The van der Waals surface area contributed by atoms with E-state index in [9.17, 15) is 4.79 Å². The topological polar surface area (TPSA) is 40.9 Å². The van der Waals surface area contributed by atoms with Gasteiger partial charge in [-0.05, 0) is 32.1 Å². The molecule has 0 unspecified atom stereocenters. The van der Waals surface area contributed by atoms with Crippen LogP contribution in [0.5, 0.6) is 0 Å². The Hall–Kier alpha value is -2.14. The van der Waals surface area contributed by atoms with Crippen LogP contribution in [-0.2, 0) is 0 Å². The van der Waals surface area contributed by atoms with Gasteiger partial charge in [-0.3, -0.25) is 4.79 Å². The SMILES string of the molecule is C=C(CC(=O)c1ccccc1)CC1=C(C#N)CCCC1. The van der Waals surface area contributed by atoms with Crippen LogP contribution in [0.3, 0.4) is 0 Å². The quantitative estimate of drug-likeness (QED) is 0.576. The molecule has 0 N–H and O–H groups in total. The van der Waals surface area contributed by atoms with Gasteiger partial charge in [0.05, 0.1) is 6.07 Å².